The van der Waals surface area contributed by atoms with Crippen molar-refractivity contribution in [1.82, 2.24) is 0 Å². The number of ether oxygens (including phenoxy) is 1. The third-order valence-corrected chi connectivity index (χ3v) is 4.13. The molecule has 2 atom stereocenters. The van der Waals surface area contributed by atoms with Crippen molar-refractivity contribution in [1.29, 1.82) is 0 Å². The van der Waals surface area contributed by atoms with Gasteiger partial charge in [0.1, 0.15) is 11.9 Å². The molecule has 2 aromatic rings. The molecule has 0 aromatic heterocycles. The Bertz CT molecular complexity index is 603. The summed E-state index contributed by atoms with van der Waals surface area (Å²) >= 11 is 12.0. The lowest BCUT2D eigenvalue weighted by Gasteiger charge is -2.18. The van der Waals surface area contributed by atoms with Gasteiger partial charge in [0.05, 0.1) is 6.10 Å². The minimum Gasteiger partial charge on any atom is -0.487 e. The van der Waals surface area contributed by atoms with Crippen molar-refractivity contribution in [3.05, 3.63) is 63.6 Å². The van der Waals surface area contributed by atoms with Gasteiger partial charge in [-0.05, 0) is 29.3 Å². The molecule has 2 nitrogen and oxygen atoms in total. The third kappa shape index (κ3) is 2.78. The first kappa shape index (κ1) is 13.7. The minimum absolute atomic E-state index is 0.223. The molecule has 1 aliphatic heterocycles. The molecule has 0 saturated carbocycles. The van der Waals surface area contributed by atoms with Crippen LogP contribution in [0.1, 0.15) is 11.1 Å². The molecular formula is C16H14Cl2O2. The molecule has 1 aliphatic rings. The monoisotopic (exact) mass is 308 g/mol. The van der Waals surface area contributed by atoms with Crippen LogP contribution in [0, 0.1) is 0 Å². The minimum atomic E-state index is -0.596. The van der Waals surface area contributed by atoms with Gasteiger partial charge in [0.15, 0.2) is 0 Å². The lowest BCUT2D eigenvalue weighted by molar-refractivity contribution is 0.0503. The SMILES string of the molecule is OC(Cc1ccc(Cl)cc1Cl)C1Cc2ccccc2O1. The van der Waals surface area contributed by atoms with E-state index in [9.17, 15) is 5.11 Å². The van der Waals surface area contributed by atoms with E-state index in [0.717, 1.165) is 23.3 Å². The Morgan fingerprint density at radius 2 is 2.00 bits per heavy atom. The first-order valence-corrected chi connectivity index (χ1v) is 7.25. The van der Waals surface area contributed by atoms with Crippen LogP contribution in [0.25, 0.3) is 0 Å². The van der Waals surface area contributed by atoms with Gasteiger partial charge in [-0.3, -0.25) is 0 Å². The van der Waals surface area contributed by atoms with Crippen LogP contribution in [0.5, 0.6) is 5.75 Å². The van der Waals surface area contributed by atoms with Crippen molar-refractivity contribution in [2.45, 2.75) is 25.0 Å². The van der Waals surface area contributed by atoms with Crippen LogP contribution in [0.2, 0.25) is 10.0 Å². The summed E-state index contributed by atoms with van der Waals surface area (Å²) in [6.45, 7) is 0. The molecule has 2 aromatic carbocycles. The first-order valence-electron chi connectivity index (χ1n) is 6.50. The zero-order valence-electron chi connectivity index (χ0n) is 10.7. The van der Waals surface area contributed by atoms with Gasteiger partial charge in [-0.25, -0.2) is 0 Å². The lowest BCUT2D eigenvalue weighted by atomic mass is 10.0. The smallest absolute Gasteiger partial charge is 0.129 e. The van der Waals surface area contributed by atoms with E-state index < -0.39 is 6.10 Å². The van der Waals surface area contributed by atoms with E-state index in [2.05, 4.69) is 0 Å². The van der Waals surface area contributed by atoms with Crippen LogP contribution >= 0.6 is 23.2 Å². The largest absolute Gasteiger partial charge is 0.487 e. The van der Waals surface area contributed by atoms with Gasteiger partial charge in [0, 0.05) is 22.9 Å². The maximum absolute atomic E-state index is 10.4. The quantitative estimate of drug-likeness (QED) is 0.932. The number of para-hydroxylation sites is 1. The fourth-order valence-electron chi connectivity index (χ4n) is 2.47. The second-order valence-electron chi connectivity index (χ2n) is 4.98. The average molecular weight is 309 g/mol. The molecule has 1 N–H and O–H groups in total. The van der Waals surface area contributed by atoms with Crippen molar-refractivity contribution >= 4 is 23.2 Å². The molecule has 0 saturated heterocycles. The van der Waals surface area contributed by atoms with Gasteiger partial charge in [0.25, 0.3) is 0 Å². The summed E-state index contributed by atoms with van der Waals surface area (Å²) in [6, 6.07) is 13.2. The van der Waals surface area contributed by atoms with Crippen molar-refractivity contribution in [2.75, 3.05) is 0 Å². The number of aliphatic hydroxyl groups is 1. The molecular weight excluding hydrogens is 295 g/mol. The van der Waals surface area contributed by atoms with Crippen molar-refractivity contribution in [2.24, 2.45) is 0 Å². The van der Waals surface area contributed by atoms with E-state index in [-0.39, 0.29) is 6.10 Å². The Balaban J connectivity index is 1.70. The Labute approximate surface area is 127 Å². The van der Waals surface area contributed by atoms with Crippen LogP contribution < -0.4 is 4.74 Å². The summed E-state index contributed by atoms with van der Waals surface area (Å²) in [6.07, 6.45) is 0.359. The van der Waals surface area contributed by atoms with Crippen molar-refractivity contribution in [3.8, 4) is 5.75 Å². The summed E-state index contributed by atoms with van der Waals surface area (Å²) < 4.78 is 5.79. The van der Waals surface area contributed by atoms with E-state index in [0.29, 0.717) is 16.5 Å². The maximum atomic E-state index is 10.4. The van der Waals surface area contributed by atoms with Gasteiger partial charge in [0.2, 0.25) is 0 Å². The number of hydrogen-bond donors (Lipinski definition) is 1. The van der Waals surface area contributed by atoms with Gasteiger partial charge in [-0.1, -0.05) is 47.5 Å². The predicted octanol–water partition coefficient (Wildman–Crippen LogP) is 3.90. The van der Waals surface area contributed by atoms with E-state index in [1.54, 1.807) is 12.1 Å². The highest BCUT2D eigenvalue weighted by atomic mass is 35.5. The van der Waals surface area contributed by atoms with Gasteiger partial charge >= 0.3 is 0 Å². The van der Waals surface area contributed by atoms with Gasteiger partial charge in [-0.2, -0.15) is 0 Å². The molecule has 0 amide bonds. The van der Waals surface area contributed by atoms with Crippen LogP contribution in [0.4, 0.5) is 0 Å². The fourth-order valence-corrected chi connectivity index (χ4v) is 2.95. The standard InChI is InChI=1S/C16H14Cl2O2/c17-12-6-5-10(13(18)9-12)7-14(19)16-8-11-3-1-2-4-15(11)20-16/h1-6,9,14,16,19H,7-8H2. The van der Waals surface area contributed by atoms with E-state index in [1.165, 1.54) is 0 Å². The number of benzene rings is 2. The van der Waals surface area contributed by atoms with Crippen molar-refractivity contribution in [3.63, 3.8) is 0 Å². The molecule has 1 heterocycles. The fraction of sp³-hybridized carbons (Fsp3) is 0.250. The number of aliphatic hydroxyl groups excluding tert-OH is 1. The molecule has 0 radical (unpaired) electrons. The van der Waals surface area contributed by atoms with Crippen LogP contribution in [0.15, 0.2) is 42.5 Å². The highest BCUT2D eigenvalue weighted by Crippen LogP contribution is 2.31. The topological polar surface area (TPSA) is 29.5 Å². The van der Waals surface area contributed by atoms with Crippen LogP contribution in [-0.2, 0) is 12.8 Å². The highest BCUT2D eigenvalue weighted by molar-refractivity contribution is 6.35. The van der Waals surface area contributed by atoms with Gasteiger partial charge in [-0.15, -0.1) is 0 Å². The first-order chi connectivity index (χ1) is 9.63. The Morgan fingerprint density at radius 1 is 1.20 bits per heavy atom. The van der Waals surface area contributed by atoms with E-state index >= 15 is 0 Å². The van der Waals surface area contributed by atoms with E-state index in [1.807, 2.05) is 30.3 Å². The summed E-state index contributed by atoms with van der Waals surface area (Å²) in [5.41, 5.74) is 2.02. The number of rotatable bonds is 3. The summed E-state index contributed by atoms with van der Waals surface area (Å²) in [7, 11) is 0. The summed E-state index contributed by atoms with van der Waals surface area (Å²) in [5, 5.41) is 11.5. The zero-order chi connectivity index (χ0) is 14.1. The van der Waals surface area contributed by atoms with Crippen LogP contribution in [0.3, 0.4) is 0 Å². The summed E-state index contributed by atoms with van der Waals surface area (Å²) in [5.74, 6) is 0.860. The second-order valence-corrected chi connectivity index (χ2v) is 5.82. The number of fused-ring (bicyclic) bond motifs is 1. The van der Waals surface area contributed by atoms with Gasteiger partial charge < -0.3 is 9.84 Å². The summed E-state index contributed by atoms with van der Waals surface area (Å²) in [4.78, 5) is 0. The Kier molecular flexibility index (Phi) is 3.88. The molecule has 0 fully saturated rings. The average Bonchev–Trinajstić information content (AvgIpc) is 2.86. The zero-order valence-corrected chi connectivity index (χ0v) is 12.2. The molecule has 4 heteroatoms. The highest BCUT2D eigenvalue weighted by Gasteiger charge is 2.29. The normalized spacial score (nSPS) is 18.4. The van der Waals surface area contributed by atoms with E-state index in [4.69, 9.17) is 27.9 Å². The molecule has 0 bridgehead atoms. The third-order valence-electron chi connectivity index (χ3n) is 3.55. The lowest BCUT2D eigenvalue weighted by Crippen LogP contribution is -2.32. The predicted molar refractivity (Wildman–Crippen MR) is 80.7 cm³/mol. The molecule has 3 rings (SSSR count). The maximum Gasteiger partial charge on any atom is 0.129 e. The number of halogens is 2. The molecule has 2 unspecified atom stereocenters. The molecule has 0 aliphatic carbocycles. The van der Waals surface area contributed by atoms with Crippen molar-refractivity contribution < 1.29 is 9.84 Å². The Morgan fingerprint density at radius 3 is 2.75 bits per heavy atom. The Hall–Kier alpha value is -1.22. The number of hydrogen-bond acceptors (Lipinski definition) is 2. The molecule has 0 spiro atoms. The van der Waals surface area contributed by atoms with Crippen LogP contribution in [-0.4, -0.2) is 17.3 Å². The second kappa shape index (κ2) is 5.65. The molecule has 20 heavy (non-hydrogen) atoms. The molecule has 104 valence electrons.